The number of likely N-dealkylation sites (tertiary alicyclic amines) is 1. The predicted molar refractivity (Wildman–Crippen MR) is 118 cm³/mol. The number of urea groups is 1. The van der Waals surface area contributed by atoms with Gasteiger partial charge in [-0.05, 0) is 37.0 Å². The number of thioether (sulfide) groups is 1. The summed E-state index contributed by atoms with van der Waals surface area (Å²) in [5.41, 5.74) is 2.03. The van der Waals surface area contributed by atoms with E-state index in [-0.39, 0.29) is 17.5 Å². The first-order chi connectivity index (χ1) is 14.1. The van der Waals surface area contributed by atoms with Gasteiger partial charge in [0.2, 0.25) is 5.91 Å². The lowest BCUT2D eigenvalue weighted by molar-refractivity contribution is -0.128. The van der Waals surface area contributed by atoms with E-state index in [1.54, 1.807) is 0 Å². The number of carbonyl (C=O) groups excluding carboxylic acids is 2. The van der Waals surface area contributed by atoms with Gasteiger partial charge in [-0.15, -0.1) is 0 Å². The highest BCUT2D eigenvalue weighted by Crippen LogP contribution is 2.36. The standard InChI is InChI=1S/C22H32N4O2S/c27-20-4-3-11-25(20)16-18-5-7-19(8-6-18)24-21(28)23-17-22(9-1-2-10-22)26-12-14-29-15-13-26/h5-8H,1-4,9-17H2,(H2,23,24,28). The molecule has 0 bridgehead atoms. The first-order valence-corrected chi connectivity index (χ1v) is 12.0. The molecule has 2 aliphatic heterocycles. The fourth-order valence-electron chi connectivity index (χ4n) is 4.88. The molecule has 3 aliphatic rings. The van der Waals surface area contributed by atoms with Crippen LogP contribution in [0, 0.1) is 0 Å². The molecule has 3 fully saturated rings. The Balaban J connectivity index is 1.28. The second kappa shape index (κ2) is 9.39. The van der Waals surface area contributed by atoms with Crippen LogP contribution in [0.5, 0.6) is 0 Å². The number of hydrogen-bond donors (Lipinski definition) is 2. The van der Waals surface area contributed by atoms with E-state index in [1.165, 1.54) is 37.2 Å². The number of amides is 3. The van der Waals surface area contributed by atoms with Gasteiger partial charge in [-0.2, -0.15) is 11.8 Å². The minimum Gasteiger partial charge on any atom is -0.338 e. The lowest BCUT2D eigenvalue weighted by Crippen LogP contribution is -2.56. The van der Waals surface area contributed by atoms with Crippen LogP contribution >= 0.6 is 11.8 Å². The zero-order chi connectivity index (χ0) is 20.1. The van der Waals surface area contributed by atoms with E-state index in [4.69, 9.17) is 0 Å². The Morgan fingerprint density at radius 3 is 2.41 bits per heavy atom. The number of carbonyl (C=O) groups is 2. The van der Waals surface area contributed by atoms with Crippen molar-refractivity contribution in [3.05, 3.63) is 29.8 Å². The molecule has 2 heterocycles. The van der Waals surface area contributed by atoms with Gasteiger partial charge in [0, 0.05) is 61.9 Å². The second-order valence-corrected chi connectivity index (χ2v) is 9.68. The molecule has 0 aromatic heterocycles. The Morgan fingerprint density at radius 2 is 1.76 bits per heavy atom. The molecule has 7 heteroatoms. The maximum Gasteiger partial charge on any atom is 0.319 e. The van der Waals surface area contributed by atoms with Gasteiger partial charge in [0.15, 0.2) is 0 Å². The van der Waals surface area contributed by atoms with Crippen LogP contribution in [0.1, 0.15) is 44.1 Å². The minimum absolute atomic E-state index is 0.134. The zero-order valence-electron chi connectivity index (χ0n) is 17.1. The van der Waals surface area contributed by atoms with E-state index < -0.39 is 0 Å². The Hall–Kier alpha value is -1.73. The summed E-state index contributed by atoms with van der Waals surface area (Å²) >= 11 is 2.03. The highest BCUT2D eigenvalue weighted by molar-refractivity contribution is 7.99. The lowest BCUT2D eigenvalue weighted by atomic mass is 9.94. The SMILES string of the molecule is O=C(NCC1(N2CCSCC2)CCCC1)Nc1ccc(CN2CCCC2=O)cc1. The number of anilines is 1. The third-order valence-corrected chi connectivity index (χ3v) is 7.49. The smallest absolute Gasteiger partial charge is 0.319 e. The van der Waals surface area contributed by atoms with Crippen LogP contribution in [0.15, 0.2) is 24.3 Å². The Kier molecular flexibility index (Phi) is 6.65. The largest absolute Gasteiger partial charge is 0.338 e. The van der Waals surface area contributed by atoms with Crippen molar-refractivity contribution in [1.29, 1.82) is 0 Å². The average molecular weight is 417 g/mol. The number of nitrogens with one attached hydrogen (secondary N) is 2. The molecule has 3 amide bonds. The molecule has 29 heavy (non-hydrogen) atoms. The first kappa shape index (κ1) is 20.5. The van der Waals surface area contributed by atoms with Gasteiger partial charge < -0.3 is 15.5 Å². The van der Waals surface area contributed by atoms with Gasteiger partial charge in [-0.3, -0.25) is 9.69 Å². The summed E-state index contributed by atoms with van der Waals surface area (Å²) in [6.45, 7) is 4.49. The monoisotopic (exact) mass is 416 g/mol. The van der Waals surface area contributed by atoms with E-state index in [2.05, 4.69) is 15.5 Å². The quantitative estimate of drug-likeness (QED) is 0.747. The van der Waals surface area contributed by atoms with Crippen LogP contribution in [0.4, 0.5) is 10.5 Å². The second-order valence-electron chi connectivity index (χ2n) is 8.45. The summed E-state index contributed by atoms with van der Waals surface area (Å²) in [7, 11) is 0. The summed E-state index contributed by atoms with van der Waals surface area (Å²) < 4.78 is 0. The molecule has 1 aromatic carbocycles. The molecule has 0 spiro atoms. The van der Waals surface area contributed by atoms with Gasteiger partial charge in [0.25, 0.3) is 0 Å². The average Bonchev–Trinajstić information content (AvgIpc) is 3.39. The van der Waals surface area contributed by atoms with Crippen LogP contribution < -0.4 is 10.6 Å². The summed E-state index contributed by atoms with van der Waals surface area (Å²) in [5, 5.41) is 6.10. The first-order valence-electron chi connectivity index (χ1n) is 10.9. The van der Waals surface area contributed by atoms with Gasteiger partial charge in [-0.25, -0.2) is 4.79 Å². The number of hydrogen-bond acceptors (Lipinski definition) is 4. The molecule has 1 aliphatic carbocycles. The molecule has 0 atom stereocenters. The number of benzene rings is 1. The Bertz CT molecular complexity index is 712. The lowest BCUT2D eigenvalue weighted by Gasteiger charge is -2.43. The van der Waals surface area contributed by atoms with Crippen molar-refractivity contribution < 1.29 is 9.59 Å². The van der Waals surface area contributed by atoms with Crippen molar-refractivity contribution in [2.24, 2.45) is 0 Å². The number of nitrogens with zero attached hydrogens (tertiary/aromatic N) is 2. The summed E-state index contributed by atoms with van der Waals surface area (Å²) in [4.78, 5) is 28.8. The topological polar surface area (TPSA) is 64.7 Å². The molecule has 0 unspecified atom stereocenters. The van der Waals surface area contributed by atoms with Crippen molar-refractivity contribution in [3.63, 3.8) is 0 Å². The Labute approximate surface area is 177 Å². The maximum atomic E-state index is 12.5. The molecule has 2 saturated heterocycles. The van der Waals surface area contributed by atoms with Crippen molar-refractivity contribution in [1.82, 2.24) is 15.1 Å². The van der Waals surface area contributed by atoms with E-state index in [0.29, 0.717) is 13.0 Å². The zero-order valence-corrected chi connectivity index (χ0v) is 17.9. The summed E-state index contributed by atoms with van der Waals surface area (Å²) in [6, 6.07) is 7.69. The minimum atomic E-state index is -0.134. The van der Waals surface area contributed by atoms with Gasteiger partial charge in [0.05, 0.1) is 0 Å². The summed E-state index contributed by atoms with van der Waals surface area (Å²) in [5.74, 6) is 2.63. The number of rotatable bonds is 6. The third-order valence-electron chi connectivity index (χ3n) is 6.55. The molecule has 2 N–H and O–H groups in total. The van der Waals surface area contributed by atoms with Crippen LogP contribution in [0.3, 0.4) is 0 Å². The van der Waals surface area contributed by atoms with Crippen molar-refractivity contribution in [2.45, 2.75) is 50.6 Å². The highest BCUT2D eigenvalue weighted by atomic mass is 32.2. The van der Waals surface area contributed by atoms with Crippen LogP contribution in [-0.2, 0) is 11.3 Å². The molecule has 4 rings (SSSR count). The fourth-order valence-corrected chi connectivity index (χ4v) is 5.78. The fraction of sp³-hybridized carbons (Fsp3) is 0.636. The van der Waals surface area contributed by atoms with E-state index in [9.17, 15) is 9.59 Å². The molecule has 0 radical (unpaired) electrons. The van der Waals surface area contributed by atoms with Gasteiger partial charge in [-0.1, -0.05) is 25.0 Å². The maximum absolute atomic E-state index is 12.5. The van der Waals surface area contributed by atoms with Crippen LogP contribution in [-0.4, -0.2) is 65.0 Å². The molecule has 6 nitrogen and oxygen atoms in total. The molecule has 1 saturated carbocycles. The van der Waals surface area contributed by atoms with Crippen molar-refractivity contribution in [2.75, 3.05) is 43.0 Å². The Morgan fingerprint density at radius 1 is 1.03 bits per heavy atom. The normalized spacial score (nSPS) is 22.1. The van der Waals surface area contributed by atoms with Gasteiger partial charge >= 0.3 is 6.03 Å². The molecular weight excluding hydrogens is 384 g/mol. The van der Waals surface area contributed by atoms with Gasteiger partial charge in [0.1, 0.15) is 0 Å². The van der Waals surface area contributed by atoms with Crippen molar-refractivity contribution >= 4 is 29.4 Å². The highest BCUT2D eigenvalue weighted by Gasteiger charge is 2.40. The third kappa shape index (κ3) is 5.07. The summed E-state index contributed by atoms with van der Waals surface area (Å²) in [6.07, 6.45) is 6.50. The molecule has 1 aromatic rings. The van der Waals surface area contributed by atoms with Crippen molar-refractivity contribution in [3.8, 4) is 0 Å². The predicted octanol–water partition coefficient (Wildman–Crippen LogP) is 3.29. The van der Waals surface area contributed by atoms with E-state index >= 15 is 0 Å². The molecule has 158 valence electrons. The van der Waals surface area contributed by atoms with E-state index in [0.717, 1.165) is 43.9 Å². The van der Waals surface area contributed by atoms with E-state index in [1.807, 2.05) is 40.9 Å². The molecular formula is C22H32N4O2S. The van der Waals surface area contributed by atoms with Crippen LogP contribution in [0.2, 0.25) is 0 Å². The van der Waals surface area contributed by atoms with Crippen LogP contribution in [0.25, 0.3) is 0 Å².